The van der Waals surface area contributed by atoms with E-state index in [0.29, 0.717) is 28.7 Å². The van der Waals surface area contributed by atoms with Crippen molar-refractivity contribution in [2.75, 3.05) is 31.9 Å². The highest BCUT2D eigenvalue weighted by atomic mass is 35.5. The summed E-state index contributed by atoms with van der Waals surface area (Å²) >= 11 is 12.0. The molecule has 0 aromatic heterocycles. The molecule has 2 aromatic rings. The Balaban J connectivity index is 1.59. The molecule has 0 aliphatic carbocycles. The molecule has 24 heavy (non-hydrogen) atoms. The Labute approximate surface area is 151 Å². The normalized spacial score (nSPS) is 15.5. The van der Waals surface area contributed by atoms with Gasteiger partial charge in [0.25, 0.3) is 5.91 Å². The van der Waals surface area contributed by atoms with Crippen molar-refractivity contribution in [2.24, 2.45) is 0 Å². The molecule has 0 atom stereocenters. The third kappa shape index (κ3) is 4.20. The molecule has 0 saturated carbocycles. The number of nitrogen functional groups attached to an aromatic ring is 1. The van der Waals surface area contributed by atoms with E-state index in [2.05, 4.69) is 11.0 Å². The van der Waals surface area contributed by atoms with Crippen molar-refractivity contribution >= 4 is 34.8 Å². The van der Waals surface area contributed by atoms with Crippen LogP contribution < -0.4 is 5.73 Å². The first-order chi connectivity index (χ1) is 11.5. The van der Waals surface area contributed by atoms with Crippen LogP contribution in [0, 0.1) is 0 Å². The monoisotopic (exact) mass is 363 g/mol. The molecule has 1 saturated heterocycles. The molecule has 6 heteroatoms. The summed E-state index contributed by atoms with van der Waals surface area (Å²) in [6.45, 7) is 3.87. The first kappa shape index (κ1) is 17.1. The number of carbonyl (C=O) groups is 1. The molecule has 1 heterocycles. The summed E-state index contributed by atoms with van der Waals surface area (Å²) in [5.41, 5.74) is 8.33. The lowest BCUT2D eigenvalue weighted by Crippen LogP contribution is -2.48. The third-order valence-electron chi connectivity index (χ3n) is 4.13. The first-order valence-corrected chi connectivity index (χ1v) is 8.59. The van der Waals surface area contributed by atoms with E-state index in [-0.39, 0.29) is 5.91 Å². The standard InChI is InChI=1S/C18H19Cl2N3O/c19-15-9-14(10-16(20)11-15)18(24)23-6-4-22(5-7-23)12-13-2-1-3-17(21)8-13/h1-3,8-11H,4-7,12,21H2. The highest BCUT2D eigenvalue weighted by Crippen LogP contribution is 2.21. The summed E-state index contributed by atoms with van der Waals surface area (Å²) in [7, 11) is 0. The van der Waals surface area contributed by atoms with E-state index in [1.54, 1.807) is 18.2 Å². The maximum atomic E-state index is 12.6. The van der Waals surface area contributed by atoms with Crippen LogP contribution in [0.15, 0.2) is 42.5 Å². The van der Waals surface area contributed by atoms with Gasteiger partial charge in [-0.2, -0.15) is 0 Å². The lowest BCUT2D eigenvalue weighted by Gasteiger charge is -2.34. The van der Waals surface area contributed by atoms with Gasteiger partial charge in [-0.15, -0.1) is 0 Å². The van der Waals surface area contributed by atoms with Crippen LogP contribution in [0.25, 0.3) is 0 Å². The average Bonchev–Trinajstić information content (AvgIpc) is 2.54. The number of nitrogens with two attached hydrogens (primary N) is 1. The smallest absolute Gasteiger partial charge is 0.254 e. The van der Waals surface area contributed by atoms with Gasteiger partial charge in [-0.25, -0.2) is 0 Å². The number of halogens is 2. The lowest BCUT2D eigenvalue weighted by molar-refractivity contribution is 0.0628. The molecule has 1 amide bonds. The molecule has 1 aliphatic heterocycles. The van der Waals surface area contributed by atoms with Gasteiger partial charge in [0, 0.05) is 54.0 Å². The molecule has 126 valence electrons. The molecule has 2 N–H and O–H groups in total. The minimum atomic E-state index is -0.0250. The fourth-order valence-corrected chi connectivity index (χ4v) is 3.44. The molecule has 0 spiro atoms. The fourth-order valence-electron chi connectivity index (χ4n) is 2.92. The molecule has 0 unspecified atom stereocenters. The number of nitrogens with zero attached hydrogens (tertiary/aromatic N) is 2. The molecule has 0 radical (unpaired) electrons. The second kappa shape index (κ2) is 7.43. The number of rotatable bonds is 3. The molecule has 0 bridgehead atoms. The summed E-state index contributed by atoms with van der Waals surface area (Å²) < 4.78 is 0. The van der Waals surface area contributed by atoms with E-state index >= 15 is 0 Å². The highest BCUT2D eigenvalue weighted by Gasteiger charge is 2.22. The van der Waals surface area contributed by atoms with Gasteiger partial charge >= 0.3 is 0 Å². The van der Waals surface area contributed by atoms with Crippen LogP contribution in [0.2, 0.25) is 10.0 Å². The van der Waals surface area contributed by atoms with Gasteiger partial charge in [-0.1, -0.05) is 35.3 Å². The predicted octanol–water partition coefficient (Wildman–Crippen LogP) is 3.53. The number of anilines is 1. The van der Waals surface area contributed by atoms with Crippen molar-refractivity contribution in [3.05, 3.63) is 63.6 Å². The van der Waals surface area contributed by atoms with E-state index in [0.717, 1.165) is 25.3 Å². The van der Waals surface area contributed by atoms with Gasteiger partial charge in [0.15, 0.2) is 0 Å². The summed E-state index contributed by atoms with van der Waals surface area (Å²) in [5, 5.41) is 0.956. The van der Waals surface area contributed by atoms with Crippen LogP contribution in [0.1, 0.15) is 15.9 Å². The zero-order valence-corrected chi connectivity index (χ0v) is 14.7. The van der Waals surface area contributed by atoms with Crippen molar-refractivity contribution in [3.8, 4) is 0 Å². The molecular formula is C18H19Cl2N3O. The van der Waals surface area contributed by atoms with Crippen LogP contribution >= 0.6 is 23.2 Å². The Morgan fingerprint density at radius 1 is 1.00 bits per heavy atom. The number of amides is 1. The van der Waals surface area contributed by atoms with Crippen molar-refractivity contribution in [2.45, 2.75) is 6.54 Å². The molecule has 4 nitrogen and oxygen atoms in total. The second-order valence-corrected chi connectivity index (χ2v) is 6.84. The van der Waals surface area contributed by atoms with Crippen LogP contribution in [-0.2, 0) is 6.54 Å². The number of hydrogen-bond acceptors (Lipinski definition) is 3. The van der Waals surface area contributed by atoms with Gasteiger partial charge in [-0.3, -0.25) is 9.69 Å². The van der Waals surface area contributed by atoms with Gasteiger partial charge < -0.3 is 10.6 Å². The molecular weight excluding hydrogens is 345 g/mol. The van der Waals surface area contributed by atoms with Crippen molar-refractivity contribution in [1.29, 1.82) is 0 Å². The van der Waals surface area contributed by atoms with Crippen molar-refractivity contribution in [1.82, 2.24) is 9.80 Å². The van der Waals surface area contributed by atoms with Gasteiger partial charge in [-0.05, 0) is 35.9 Å². The largest absolute Gasteiger partial charge is 0.399 e. The number of piperazine rings is 1. The highest BCUT2D eigenvalue weighted by molar-refractivity contribution is 6.35. The summed E-state index contributed by atoms with van der Waals surface area (Å²) in [6.07, 6.45) is 0. The summed E-state index contributed by atoms with van der Waals surface area (Å²) in [4.78, 5) is 16.8. The zero-order valence-electron chi connectivity index (χ0n) is 13.2. The number of benzene rings is 2. The maximum Gasteiger partial charge on any atom is 0.254 e. The Kier molecular flexibility index (Phi) is 5.29. The Bertz CT molecular complexity index is 723. The lowest BCUT2D eigenvalue weighted by atomic mass is 10.1. The SMILES string of the molecule is Nc1cccc(CN2CCN(C(=O)c3cc(Cl)cc(Cl)c3)CC2)c1. The summed E-state index contributed by atoms with van der Waals surface area (Å²) in [6, 6.07) is 12.9. The average molecular weight is 364 g/mol. The topological polar surface area (TPSA) is 49.6 Å². The Morgan fingerprint density at radius 2 is 1.67 bits per heavy atom. The predicted molar refractivity (Wildman–Crippen MR) is 98.5 cm³/mol. The summed E-state index contributed by atoms with van der Waals surface area (Å²) in [5.74, 6) is -0.0250. The van der Waals surface area contributed by atoms with Crippen molar-refractivity contribution in [3.63, 3.8) is 0 Å². The number of carbonyl (C=O) groups excluding carboxylic acids is 1. The van der Waals surface area contributed by atoms with E-state index < -0.39 is 0 Å². The number of hydrogen-bond donors (Lipinski definition) is 1. The van der Waals surface area contributed by atoms with E-state index in [4.69, 9.17) is 28.9 Å². The maximum absolute atomic E-state index is 12.6. The van der Waals surface area contributed by atoms with Crippen LogP contribution in [-0.4, -0.2) is 41.9 Å². The van der Waals surface area contributed by atoms with Crippen molar-refractivity contribution < 1.29 is 4.79 Å². The molecule has 1 aliphatic rings. The van der Waals surface area contributed by atoms with Crippen LogP contribution in [0.5, 0.6) is 0 Å². The van der Waals surface area contributed by atoms with Gasteiger partial charge in [0.05, 0.1) is 0 Å². The van der Waals surface area contributed by atoms with E-state index in [1.807, 2.05) is 23.1 Å². The van der Waals surface area contributed by atoms with Crippen LogP contribution in [0.4, 0.5) is 5.69 Å². The van der Waals surface area contributed by atoms with Gasteiger partial charge in [0.2, 0.25) is 0 Å². The minimum absolute atomic E-state index is 0.0250. The second-order valence-electron chi connectivity index (χ2n) is 5.97. The molecule has 2 aromatic carbocycles. The fraction of sp³-hybridized carbons (Fsp3) is 0.278. The first-order valence-electron chi connectivity index (χ1n) is 7.83. The zero-order chi connectivity index (χ0) is 17.1. The minimum Gasteiger partial charge on any atom is -0.399 e. The van der Waals surface area contributed by atoms with Crippen LogP contribution in [0.3, 0.4) is 0 Å². The quantitative estimate of drug-likeness (QED) is 0.848. The van der Waals surface area contributed by atoms with E-state index in [9.17, 15) is 4.79 Å². The Hall–Kier alpha value is -1.75. The molecule has 3 rings (SSSR count). The van der Waals surface area contributed by atoms with E-state index in [1.165, 1.54) is 5.56 Å². The third-order valence-corrected chi connectivity index (χ3v) is 4.56. The molecule has 1 fully saturated rings. The van der Waals surface area contributed by atoms with Gasteiger partial charge in [0.1, 0.15) is 0 Å². The Morgan fingerprint density at radius 3 is 2.29 bits per heavy atom.